The van der Waals surface area contributed by atoms with E-state index in [-0.39, 0.29) is 0 Å². The Balaban J connectivity index is 1.82. The molecule has 0 amide bonds. The van der Waals surface area contributed by atoms with E-state index in [1.165, 1.54) is 0 Å². The maximum atomic E-state index is 11.7. The van der Waals surface area contributed by atoms with Crippen LogP contribution in [0.2, 0.25) is 0 Å². The monoisotopic (exact) mass is 318 g/mol. The number of ether oxygens (including phenoxy) is 3. The van der Waals surface area contributed by atoms with E-state index in [1.807, 2.05) is 48.5 Å². The molecule has 1 aliphatic rings. The Kier molecular flexibility index (Phi) is 5.00. The third-order valence-electron chi connectivity index (χ3n) is 3.43. The third-order valence-corrected chi connectivity index (χ3v) is 4.34. The molecule has 5 heteroatoms. The van der Waals surface area contributed by atoms with Gasteiger partial charge in [-0.25, -0.2) is 0 Å². The van der Waals surface area contributed by atoms with Crippen LogP contribution in [0.5, 0.6) is 5.75 Å². The molecule has 1 fully saturated rings. The van der Waals surface area contributed by atoms with Crippen molar-refractivity contribution in [1.29, 1.82) is 0 Å². The van der Waals surface area contributed by atoms with Crippen LogP contribution in [0.4, 0.5) is 0 Å². The van der Waals surface area contributed by atoms with Crippen LogP contribution in [0, 0.1) is 0 Å². The molecule has 4 nitrogen and oxygen atoms in total. The summed E-state index contributed by atoms with van der Waals surface area (Å²) in [5, 5.41) is 0. The molecule has 0 bridgehead atoms. The quantitative estimate of drug-likeness (QED) is 0.795. The first-order chi connectivity index (χ1) is 10.7. The minimum atomic E-state index is -1.05. The van der Waals surface area contributed by atoms with Gasteiger partial charge in [-0.3, -0.25) is 0 Å². The lowest BCUT2D eigenvalue weighted by molar-refractivity contribution is -0.0460. The smallest absolute Gasteiger partial charge is 0.187 e. The Labute approximate surface area is 133 Å². The fraction of sp³-hybridized carbons (Fsp3) is 0.294. The Morgan fingerprint density at radius 2 is 1.86 bits per heavy atom. The number of rotatable bonds is 5. The molecule has 1 atom stereocenters. The average molecular weight is 318 g/mol. The molecule has 2 aromatic carbocycles. The van der Waals surface area contributed by atoms with Gasteiger partial charge in [0, 0.05) is 6.07 Å². The zero-order chi connectivity index (χ0) is 15.4. The molecule has 0 aliphatic carbocycles. The Hall–Kier alpha value is -1.53. The number of hydrogen-bond acceptors (Lipinski definition) is 4. The topological polar surface area (TPSA) is 50.8 Å². The first kappa shape index (κ1) is 15.4. The van der Waals surface area contributed by atoms with Crippen LogP contribution in [-0.2, 0) is 27.3 Å². The summed E-state index contributed by atoms with van der Waals surface area (Å²) in [6, 6.07) is 15.4. The van der Waals surface area contributed by atoms with Crippen LogP contribution in [-0.4, -0.2) is 24.0 Å². The number of benzene rings is 2. The van der Waals surface area contributed by atoms with Gasteiger partial charge in [-0.2, -0.15) is 0 Å². The van der Waals surface area contributed by atoms with Gasteiger partial charge in [-0.1, -0.05) is 30.3 Å². The van der Waals surface area contributed by atoms with Gasteiger partial charge in [0.1, 0.15) is 18.6 Å². The second kappa shape index (κ2) is 7.15. The standard InChI is InChI=1S/C17H18O4S/c1-22(18)14-7-8-16(15(11-14)17-19-9-10-20-17)21-12-13-5-3-2-4-6-13/h2-8,11,17H,9-10,12H2,1H3. The zero-order valence-corrected chi connectivity index (χ0v) is 13.2. The van der Waals surface area contributed by atoms with Crippen molar-refractivity contribution in [3.8, 4) is 5.75 Å². The Morgan fingerprint density at radius 1 is 1.14 bits per heavy atom. The van der Waals surface area contributed by atoms with Crippen molar-refractivity contribution in [3.05, 3.63) is 59.7 Å². The largest absolute Gasteiger partial charge is 0.612 e. The second-order valence-corrected chi connectivity index (χ2v) is 6.38. The van der Waals surface area contributed by atoms with E-state index < -0.39 is 17.5 Å². The molecular weight excluding hydrogens is 300 g/mol. The first-order valence-corrected chi connectivity index (χ1v) is 8.67. The molecule has 116 valence electrons. The summed E-state index contributed by atoms with van der Waals surface area (Å²) in [6.07, 6.45) is 1.20. The van der Waals surface area contributed by atoms with E-state index in [2.05, 4.69) is 0 Å². The maximum Gasteiger partial charge on any atom is 0.187 e. The normalized spacial score (nSPS) is 16.6. The molecule has 0 saturated carbocycles. The summed E-state index contributed by atoms with van der Waals surface area (Å²) in [5.74, 6) is 0.699. The first-order valence-electron chi connectivity index (χ1n) is 7.11. The number of hydrogen-bond donors (Lipinski definition) is 0. The molecular formula is C17H18O4S. The molecule has 1 saturated heterocycles. The lowest BCUT2D eigenvalue weighted by atomic mass is 10.2. The summed E-state index contributed by atoms with van der Waals surface area (Å²) in [4.78, 5) is 0.737. The molecule has 22 heavy (non-hydrogen) atoms. The second-order valence-electron chi connectivity index (χ2n) is 5.00. The molecule has 0 spiro atoms. The van der Waals surface area contributed by atoms with E-state index in [1.54, 1.807) is 6.26 Å². The van der Waals surface area contributed by atoms with Crippen molar-refractivity contribution in [2.24, 2.45) is 0 Å². The van der Waals surface area contributed by atoms with Crippen LogP contribution in [0.1, 0.15) is 17.4 Å². The minimum Gasteiger partial charge on any atom is -0.612 e. The Morgan fingerprint density at radius 3 is 2.55 bits per heavy atom. The molecule has 0 radical (unpaired) electrons. The van der Waals surface area contributed by atoms with Gasteiger partial charge >= 0.3 is 0 Å². The Bertz CT molecular complexity index is 609. The van der Waals surface area contributed by atoms with Crippen molar-refractivity contribution in [2.45, 2.75) is 17.8 Å². The van der Waals surface area contributed by atoms with Crippen LogP contribution in [0.3, 0.4) is 0 Å². The van der Waals surface area contributed by atoms with Gasteiger partial charge in [0.15, 0.2) is 11.2 Å². The van der Waals surface area contributed by atoms with Crippen LogP contribution in [0.25, 0.3) is 0 Å². The molecule has 1 unspecified atom stereocenters. The van der Waals surface area contributed by atoms with E-state index in [0.717, 1.165) is 16.0 Å². The third kappa shape index (κ3) is 3.62. The van der Waals surface area contributed by atoms with Crippen molar-refractivity contribution < 1.29 is 18.8 Å². The van der Waals surface area contributed by atoms with Crippen molar-refractivity contribution >= 4 is 11.2 Å². The molecule has 1 aliphatic heterocycles. The van der Waals surface area contributed by atoms with E-state index in [9.17, 15) is 4.55 Å². The zero-order valence-electron chi connectivity index (χ0n) is 12.4. The van der Waals surface area contributed by atoms with Gasteiger partial charge in [-0.05, 0) is 28.9 Å². The summed E-state index contributed by atoms with van der Waals surface area (Å²) in [7, 11) is 0. The van der Waals surface area contributed by atoms with E-state index >= 15 is 0 Å². The highest BCUT2D eigenvalue weighted by molar-refractivity contribution is 7.90. The highest BCUT2D eigenvalue weighted by Crippen LogP contribution is 2.33. The summed E-state index contributed by atoms with van der Waals surface area (Å²) in [5.41, 5.74) is 1.88. The highest BCUT2D eigenvalue weighted by Gasteiger charge is 2.24. The summed E-state index contributed by atoms with van der Waals surface area (Å²) < 4.78 is 28.7. The highest BCUT2D eigenvalue weighted by atomic mass is 32.2. The SMILES string of the molecule is C[S+]([O-])c1ccc(OCc2ccccc2)c(C2OCCO2)c1. The van der Waals surface area contributed by atoms with Crippen molar-refractivity contribution in [2.75, 3.05) is 19.5 Å². The van der Waals surface area contributed by atoms with Crippen LogP contribution in [0.15, 0.2) is 53.4 Å². The van der Waals surface area contributed by atoms with Gasteiger partial charge in [-0.15, -0.1) is 0 Å². The fourth-order valence-electron chi connectivity index (χ4n) is 2.29. The maximum absolute atomic E-state index is 11.7. The van der Waals surface area contributed by atoms with Gasteiger partial charge in [0.2, 0.25) is 0 Å². The lowest BCUT2D eigenvalue weighted by Gasteiger charge is -2.17. The van der Waals surface area contributed by atoms with Gasteiger partial charge in [0.05, 0.1) is 18.8 Å². The van der Waals surface area contributed by atoms with Crippen molar-refractivity contribution in [1.82, 2.24) is 0 Å². The predicted octanol–water partition coefficient (Wildman–Crippen LogP) is 3.05. The van der Waals surface area contributed by atoms with E-state index in [4.69, 9.17) is 14.2 Å². The van der Waals surface area contributed by atoms with Crippen LogP contribution >= 0.6 is 0 Å². The fourth-order valence-corrected chi connectivity index (χ4v) is 2.85. The molecule has 3 rings (SSSR count). The van der Waals surface area contributed by atoms with Gasteiger partial charge in [0.25, 0.3) is 0 Å². The average Bonchev–Trinajstić information content (AvgIpc) is 3.08. The molecule has 1 heterocycles. The molecule has 0 N–H and O–H groups in total. The summed E-state index contributed by atoms with van der Waals surface area (Å²) >= 11 is -1.05. The lowest BCUT2D eigenvalue weighted by Crippen LogP contribution is -2.06. The minimum absolute atomic E-state index is 0.450. The predicted molar refractivity (Wildman–Crippen MR) is 84.2 cm³/mol. The molecule has 0 aromatic heterocycles. The molecule has 2 aromatic rings. The van der Waals surface area contributed by atoms with Gasteiger partial charge < -0.3 is 18.8 Å². The summed E-state index contributed by atoms with van der Waals surface area (Å²) in [6.45, 7) is 1.58. The van der Waals surface area contributed by atoms with E-state index in [0.29, 0.717) is 25.6 Å². The van der Waals surface area contributed by atoms with Crippen molar-refractivity contribution in [3.63, 3.8) is 0 Å². The van der Waals surface area contributed by atoms with Crippen LogP contribution < -0.4 is 4.74 Å².